The summed E-state index contributed by atoms with van der Waals surface area (Å²) in [4.78, 5) is 60.4. The Morgan fingerprint density at radius 1 is 1.27 bits per heavy atom. The number of nitrogens with one attached hydrogen (secondary N) is 1. The number of nitrogens with zero attached hydrogens (tertiary/aromatic N) is 2. The molecule has 0 aliphatic rings. The van der Waals surface area contributed by atoms with Crippen LogP contribution in [0.15, 0.2) is 27.8 Å². The fourth-order valence-corrected chi connectivity index (χ4v) is 2.50. The molecule has 3 N–H and O–H groups in total. The van der Waals surface area contributed by atoms with Crippen LogP contribution in [0.2, 0.25) is 0 Å². The maximum absolute atomic E-state index is 12.5. The average Bonchev–Trinajstić information content (AvgIpc) is 2.71. The molecule has 1 aromatic heterocycles. The number of nitrogen functional groups attached to an aromatic ring is 1. The van der Waals surface area contributed by atoms with Gasteiger partial charge < -0.3 is 19.9 Å². The highest BCUT2D eigenvalue weighted by Gasteiger charge is 2.23. The smallest absolute Gasteiger partial charge is 0.338 e. The van der Waals surface area contributed by atoms with Crippen LogP contribution in [0.4, 0.5) is 11.5 Å². The summed E-state index contributed by atoms with van der Waals surface area (Å²) in [5.41, 5.74) is 2.75. The lowest BCUT2D eigenvalue weighted by atomic mass is 10.2. The number of nitrogens with two attached hydrogens (primary N) is 1. The molecule has 0 unspecified atom stereocenters. The Kier molecular flexibility index (Phi) is 7.03. The van der Waals surface area contributed by atoms with Gasteiger partial charge in [-0.15, -0.1) is 0 Å². The molecule has 0 fully saturated rings. The third-order valence-electron chi connectivity index (χ3n) is 3.97. The van der Waals surface area contributed by atoms with Crippen LogP contribution in [-0.4, -0.2) is 53.7 Å². The Hall–Kier alpha value is -4.00. The van der Waals surface area contributed by atoms with Gasteiger partial charge in [0.05, 0.1) is 30.7 Å². The van der Waals surface area contributed by atoms with Crippen molar-refractivity contribution in [1.29, 1.82) is 0 Å². The molecule has 1 heterocycles. The van der Waals surface area contributed by atoms with E-state index in [-0.39, 0.29) is 30.3 Å². The first kappa shape index (κ1) is 22.3. The highest BCUT2D eigenvalue weighted by Crippen LogP contribution is 2.28. The van der Waals surface area contributed by atoms with Gasteiger partial charge in [-0.2, -0.15) is 0 Å². The molecule has 0 amide bonds. The molecule has 30 heavy (non-hydrogen) atoms. The Bertz CT molecular complexity index is 1100. The summed E-state index contributed by atoms with van der Waals surface area (Å²) in [6, 6.07) is 3.26. The second kappa shape index (κ2) is 9.47. The Balaban J connectivity index is 2.32. The zero-order chi connectivity index (χ0) is 22.4. The van der Waals surface area contributed by atoms with E-state index in [1.165, 1.54) is 13.2 Å². The lowest BCUT2D eigenvalue weighted by molar-refractivity contribution is -0.385. The highest BCUT2D eigenvalue weighted by atomic mass is 16.6. The molecule has 2 aromatic rings. The molecule has 1 aromatic carbocycles. The quantitative estimate of drug-likeness (QED) is 0.235. The van der Waals surface area contributed by atoms with Gasteiger partial charge in [0, 0.05) is 13.2 Å². The lowest BCUT2D eigenvalue weighted by Crippen LogP contribution is -2.37. The van der Waals surface area contributed by atoms with Gasteiger partial charge in [0.15, 0.2) is 12.4 Å². The van der Waals surface area contributed by atoms with E-state index in [4.69, 9.17) is 15.2 Å². The molecule has 0 bridgehead atoms. The van der Waals surface area contributed by atoms with Crippen molar-refractivity contribution < 1.29 is 28.7 Å². The van der Waals surface area contributed by atoms with E-state index in [9.17, 15) is 29.3 Å². The molecule has 0 spiro atoms. The topological polar surface area (TPSA) is 186 Å². The molecular weight excluding hydrogens is 404 g/mol. The number of aromatic amines is 1. The van der Waals surface area contributed by atoms with Crippen molar-refractivity contribution in [3.8, 4) is 5.75 Å². The number of hydrogen-bond donors (Lipinski definition) is 2. The third-order valence-corrected chi connectivity index (χ3v) is 3.97. The van der Waals surface area contributed by atoms with Gasteiger partial charge in [-0.25, -0.2) is 9.59 Å². The van der Waals surface area contributed by atoms with Crippen LogP contribution in [0.1, 0.15) is 20.7 Å². The van der Waals surface area contributed by atoms with Crippen LogP contribution in [0, 0.1) is 10.1 Å². The van der Waals surface area contributed by atoms with E-state index in [0.29, 0.717) is 0 Å². The summed E-state index contributed by atoms with van der Waals surface area (Å²) >= 11 is 0. The number of rotatable bonds is 9. The first-order chi connectivity index (χ1) is 14.2. The number of nitro groups is 1. The molecule has 0 saturated carbocycles. The Morgan fingerprint density at radius 2 is 1.97 bits per heavy atom. The van der Waals surface area contributed by atoms with Crippen molar-refractivity contribution in [3.63, 3.8) is 0 Å². The number of benzene rings is 1. The number of ketones is 1. The normalized spacial score (nSPS) is 10.5. The zero-order valence-electron chi connectivity index (χ0n) is 16.0. The maximum Gasteiger partial charge on any atom is 0.338 e. The van der Waals surface area contributed by atoms with Crippen LogP contribution in [0.5, 0.6) is 5.75 Å². The number of Topliss-reactive ketones (excluding diaryl/α,β-unsaturated/α-hetero) is 1. The van der Waals surface area contributed by atoms with Crippen molar-refractivity contribution in [2.45, 2.75) is 6.54 Å². The van der Waals surface area contributed by atoms with Crippen LogP contribution < -0.4 is 21.7 Å². The minimum atomic E-state index is -1.02. The van der Waals surface area contributed by atoms with Crippen molar-refractivity contribution in [2.24, 2.45) is 0 Å². The van der Waals surface area contributed by atoms with Gasteiger partial charge in [-0.3, -0.25) is 29.3 Å². The van der Waals surface area contributed by atoms with Crippen molar-refractivity contribution in [2.75, 3.05) is 33.2 Å². The van der Waals surface area contributed by atoms with E-state index in [1.807, 2.05) is 4.98 Å². The fourth-order valence-electron chi connectivity index (χ4n) is 2.50. The number of carbonyl (C=O) groups excluding carboxylic acids is 2. The number of anilines is 1. The standard InChI is InChI=1S/C17H18N4O9/c1-28-6-5-20-14(18)13(15(23)19-17(20)25)11(22)8-30-12-4-3-9(16(24)29-2)7-10(12)21(26)27/h3-4,7H,5-6,8,18H2,1-2H3,(H,19,23,25). The van der Waals surface area contributed by atoms with Crippen LogP contribution in [0.25, 0.3) is 0 Å². The monoisotopic (exact) mass is 422 g/mol. The van der Waals surface area contributed by atoms with E-state index < -0.39 is 45.8 Å². The van der Waals surface area contributed by atoms with Crippen LogP contribution in [0.3, 0.4) is 0 Å². The molecule has 13 heteroatoms. The fraction of sp³-hybridized carbons (Fsp3) is 0.294. The molecule has 0 radical (unpaired) electrons. The molecule has 0 saturated heterocycles. The van der Waals surface area contributed by atoms with Gasteiger partial charge in [0.25, 0.3) is 5.56 Å². The molecule has 0 aliphatic heterocycles. The first-order valence-corrected chi connectivity index (χ1v) is 8.35. The third kappa shape index (κ3) is 4.70. The number of ether oxygens (including phenoxy) is 3. The second-order valence-electron chi connectivity index (χ2n) is 5.81. The summed E-state index contributed by atoms with van der Waals surface area (Å²) in [5.74, 6) is -2.40. The van der Waals surface area contributed by atoms with Gasteiger partial charge in [0.1, 0.15) is 11.4 Å². The highest BCUT2D eigenvalue weighted by molar-refractivity contribution is 6.00. The van der Waals surface area contributed by atoms with Crippen LogP contribution >= 0.6 is 0 Å². The Morgan fingerprint density at radius 3 is 2.57 bits per heavy atom. The van der Waals surface area contributed by atoms with E-state index in [0.717, 1.165) is 23.8 Å². The van der Waals surface area contributed by atoms with E-state index in [2.05, 4.69) is 4.74 Å². The van der Waals surface area contributed by atoms with E-state index >= 15 is 0 Å². The van der Waals surface area contributed by atoms with Crippen molar-refractivity contribution >= 4 is 23.3 Å². The maximum atomic E-state index is 12.5. The SMILES string of the molecule is COCCn1c(N)c(C(=O)COc2ccc(C(=O)OC)cc2[N+](=O)[O-])c(=O)[nH]c1=O. The molecule has 160 valence electrons. The van der Waals surface area contributed by atoms with Gasteiger partial charge in [-0.1, -0.05) is 0 Å². The first-order valence-electron chi connectivity index (χ1n) is 8.35. The van der Waals surface area contributed by atoms with Gasteiger partial charge in [0.2, 0.25) is 5.78 Å². The molecular formula is C17H18N4O9. The predicted molar refractivity (Wildman–Crippen MR) is 102 cm³/mol. The summed E-state index contributed by atoms with van der Waals surface area (Å²) in [6.07, 6.45) is 0. The minimum Gasteiger partial charge on any atom is -0.478 e. The van der Waals surface area contributed by atoms with Crippen molar-refractivity contribution in [3.05, 3.63) is 60.3 Å². The number of H-pyrrole nitrogens is 1. The summed E-state index contributed by atoms with van der Waals surface area (Å²) < 4.78 is 15.5. The largest absolute Gasteiger partial charge is 0.478 e. The van der Waals surface area contributed by atoms with Crippen LogP contribution in [-0.2, 0) is 16.0 Å². The number of aromatic nitrogens is 2. The number of nitro benzene ring substituents is 1. The summed E-state index contributed by atoms with van der Waals surface area (Å²) in [7, 11) is 2.51. The zero-order valence-corrected chi connectivity index (χ0v) is 16.0. The van der Waals surface area contributed by atoms with Crippen molar-refractivity contribution in [1.82, 2.24) is 9.55 Å². The summed E-state index contributed by atoms with van der Waals surface area (Å²) in [6.45, 7) is -0.702. The molecule has 13 nitrogen and oxygen atoms in total. The predicted octanol–water partition coefficient (Wildman–Crippen LogP) is -0.278. The second-order valence-corrected chi connectivity index (χ2v) is 5.81. The van der Waals surface area contributed by atoms with Gasteiger partial charge >= 0.3 is 17.3 Å². The molecule has 2 rings (SSSR count). The average molecular weight is 422 g/mol. The number of carbonyl (C=O) groups is 2. The number of esters is 1. The Labute approximate surface area is 168 Å². The van der Waals surface area contributed by atoms with E-state index in [1.54, 1.807) is 0 Å². The molecule has 0 atom stereocenters. The number of hydrogen-bond acceptors (Lipinski definition) is 10. The molecule has 0 aliphatic carbocycles. The minimum absolute atomic E-state index is 0.0143. The van der Waals surface area contributed by atoms with Gasteiger partial charge in [-0.05, 0) is 12.1 Å². The summed E-state index contributed by atoms with van der Waals surface area (Å²) in [5, 5.41) is 11.3. The number of methoxy groups -OCH3 is 2. The lowest BCUT2D eigenvalue weighted by Gasteiger charge is -2.12.